The highest BCUT2D eigenvalue weighted by atomic mass is 32.2. The maximum atomic E-state index is 12.6. The molecule has 2 aromatic carbocycles. The van der Waals surface area contributed by atoms with E-state index in [2.05, 4.69) is 45.2 Å². The number of hydrogen-bond donors (Lipinski definition) is 1. The lowest BCUT2D eigenvalue weighted by molar-refractivity contribution is -0.119. The fraction of sp³-hybridized carbons (Fsp3) is 0.318. The molecule has 1 N–H and O–H groups in total. The van der Waals surface area contributed by atoms with Gasteiger partial charge in [0.2, 0.25) is 5.91 Å². The van der Waals surface area contributed by atoms with Crippen LogP contribution in [0.1, 0.15) is 36.9 Å². The van der Waals surface area contributed by atoms with Crippen molar-refractivity contribution in [2.75, 3.05) is 5.75 Å². The number of nitrogens with zero attached hydrogens (tertiary/aromatic N) is 3. The maximum Gasteiger partial charge on any atom is 0.230 e. The molecule has 0 saturated carbocycles. The van der Waals surface area contributed by atoms with Gasteiger partial charge in [0.15, 0.2) is 11.0 Å². The maximum absolute atomic E-state index is 12.6. The van der Waals surface area contributed by atoms with Crippen LogP contribution in [-0.4, -0.2) is 26.4 Å². The van der Waals surface area contributed by atoms with Crippen LogP contribution in [0.25, 0.3) is 11.4 Å². The van der Waals surface area contributed by atoms with E-state index in [1.54, 1.807) is 0 Å². The molecule has 0 fully saturated rings. The molecule has 0 radical (unpaired) electrons. The van der Waals surface area contributed by atoms with E-state index >= 15 is 0 Å². The molecule has 1 unspecified atom stereocenters. The lowest BCUT2D eigenvalue weighted by atomic mass is 9.88. The van der Waals surface area contributed by atoms with Crippen molar-refractivity contribution in [2.45, 2.75) is 43.9 Å². The second-order valence-electron chi connectivity index (χ2n) is 6.92. The first-order valence-electron chi connectivity index (χ1n) is 9.75. The van der Waals surface area contributed by atoms with Crippen LogP contribution in [0.4, 0.5) is 0 Å². The number of hydrogen-bond acceptors (Lipinski definition) is 4. The number of rotatable bonds is 6. The van der Waals surface area contributed by atoms with Gasteiger partial charge in [-0.2, -0.15) is 0 Å². The average Bonchev–Trinajstić information content (AvgIpc) is 3.16. The average molecular weight is 393 g/mol. The van der Waals surface area contributed by atoms with E-state index in [4.69, 9.17) is 0 Å². The molecule has 1 aromatic heterocycles. The Morgan fingerprint density at radius 1 is 1.14 bits per heavy atom. The van der Waals surface area contributed by atoms with E-state index in [-0.39, 0.29) is 11.9 Å². The molecule has 0 spiro atoms. The van der Waals surface area contributed by atoms with Crippen molar-refractivity contribution < 1.29 is 4.79 Å². The molecule has 0 saturated heterocycles. The van der Waals surface area contributed by atoms with Crippen LogP contribution in [0.3, 0.4) is 0 Å². The van der Waals surface area contributed by atoms with Crippen LogP contribution in [0.15, 0.2) is 59.8 Å². The Hall–Kier alpha value is -2.60. The molecule has 0 bridgehead atoms. The summed E-state index contributed by atoms with van der Waals surface area (Å²) in [5, 5.41) is 12.6. The molecule has 1 atom stereocenters. The molecule has 144 valence electrons. The number of carbonyl (C=O) groups excluding carboxylic acids is 1. The third-order valence-corrected chi connectivity index (χ3v) is 6.07. The zero-order valence-electron chi connectivity index (χ0n) is 16.0. The number of carbonyl (C=O) groups is 1. The third kappa shape index (κ3) is 3.97. The van der Waals surface area contributed by atoms with Crippen molar-refractivity contribution >= 4 is 17.7 Å². The first-order chi connectivity index (χ1) is 13.8. The zero-order chi connectivity index (χ0) is 19.3. The summed E-state index contributed by atoms with van der Waals surface area (Å²) in [5.41, 5.74) is 3.65. The number of thioether (sulfide) groups is 1. The monoisotopic (exact) mass is 392 g/mol. The minimum absolute atomic E-state index is 0.0404. The highest BCUT2D eigenvalue weighted by Gasteiger charge is 2.22. The first kappa shape index (κ1) is 18.7. The summed E-state index contributed by atoms with van der Waals surface area (Å²) in [4.78, 5) is 12.6. The molecule has 6 heteroatoms. The third-order valence-electron chi connectivity index (χ3n) is 5.10. The molecular weight excluding hydrogens is 368 g/mol. The molecule has 4 rings (SSSR count). The molecule has 28 heavy (non-hydrogen) atoms. The van der Waals surface area contributed by atoms with Crippen molar-refractivity contribution in [1.82, 2.24) is 20.1 Å². The number of fused-ring (bicyclic) bond motifs is 1. The van der Waals surface area contributed by atoms with Crippen LogP contribution in [0.2, 0.25) is 0 Å². The number of aromatic nitrogens is 3. The highest BCUT2D eigenvalue weighted by molar-refractivity contribution is 7.99. The van der Waals surface area contributed by atoms with Gasteiger partial charge in [-0.25, -0.2) is 0 Å². The normalized spacial score (nSPS) is 15.8. The van der Waals surface area contributed by atoms with Gasteiger partial charge in [0.25, 0.3) is 0 Å². The fourth-order valence-corrected chi connectivity index (χ4v) is 4.56. The van der Waals surface area contributed by atoms with E-state index in [0.717, 1.165) is 42.4 Å². The largest absolute Gasteiger partial charge is 0.349 e. The van der Waals surface area contributed by atoms with Gasteiger partial charge in [0, 0.05) is 12.1 Å². The van der Waals surface area contributed by atoms with Crippen molar-refractivity contribution in [3.05, 3.63) is 65.7 Å². The van der Waals surface area contributed by atoms with Crippen LogP contribution in [-0.2, 0) is 17.8 Å². The van der Waals surface area contributed by atoms with Crippen LogP contribution < -0.4 is 5.32 Å². The van der Waals surface area contributed by atoms with Crippen LogP contribution >= 0.6 is 11.8 Å². The summed E-state index contributed by atoms with van der Waals surface area (Å²) in [7, 11) is 0. The van der Waals surface area contributed by atoms with Crippen molar-refractivity contribution in [3.8, 4) is 11.4 Å². The van der Waals surface area contributed by atoms with Gasteiger partial charge in [-0.05, 0) is 37.3 Å². The molecule has 1 aliphatic carbocycles. The topological polar surface area (TPSA) is 59.8 Å². The number of aryl methyl sites for hydroxylation is 1. The lowest BCUT2D eigenvalue weighted by Crippen LogP contribution is -2.32. The van der Waals surface area contributed by atoms with Gasteiger partial charge >= 0.3 is 0 Å². The van der Waals surface area contributed by atoms with Crippen LogP contribution in [0.5, 0.6) is 0 Å². The van der Waals surface area contributed by atoms with E-state index in [0.29, 0.717) is 5.75 Å². The number of amides is 1. The Kier molecular flexibility index (Phi) is 5.76. The summed E-state index contributed by atoms with van der Waals surface area (Å²) >= 11 is 1.44. The van der Waals surface area contributed by atoms with Crippen LogP contribution in [0, 0.1) is 0 Å². The second kappa shape index (κ2) is 8.61. The Morgan fingerprint density at radius 3 is 2.75 bits per heavy atom. The lowest BCUT2D eigenvalue weighted by Gasteiger charge is -2.26. The second-order valence-corrected chi connectivity index (χ2v) is 7.86. The standard InChI is InChI=1S/C22H24N4OS/c1-2-26-21(17-10-4-3-5-11-17)24-25-22(26)28-15-20(27)23-19-14-8-12-16-9-6-7-13-18(16)19/h3-7,9-11,13,19H,2,8,12,14-15H2,1H3,(H,23,27). The summed E-state index contributed by atoms with van der Waals surface area (Å²) < 4.78 is 2.06. The number of benzene rings is 2. The Bertz CT molecular complexity index is 954. The minimum Gasteiger partial charge on any atom is -0.349 e. The Morgan fingerprint density at radius 2 is 1.93 bits per heavy atom. The predicted octanol–water partition coefficient (Wildman–Crippen LogP) is 4.25. The van der Waals surface area contributed by atoms with Gasteiger partial charge in [-0.15, -0.1) is 10.2 Å². The zero-order valence-corrected chi connectivity index (χ0v) is 16.8. The Labute approximate surface area is 169 Å². The molecule has 0 aliphatic heterocycles. The summed E-state index contributed by atoms with van der Waals surface area (Å²) in [5.74, 6) is 1.22. The highest BCUT2D eigenvalue weighted by Crippen LogP contribution is 2.30. The van der Waals surface area contributed by atoms with Crippen molar-refractivity contribution in [3.63, 3.8) is 0 Å². The molecule has 1 heterocycles. The van der Waals surface area contributed by atoms with Crippen molar-refractivity contribution in [2.24, 2.45) is 0 Å². The van der Waals surface area contributed by atoms with Gasteiger partial charge in [0.05, 0.1) is 11.8 Å². The van der Waals surface area contributed by atoms with Gasteiger partial charge in [-0.1, -0.05) is 66.4 Å². The SMILES string of the molecule is CCn1c(SCC(=O)NC2CCCc3ccccc32)nnc1-c1ccccc1. The van der Waals surface area contributed by atoms with E-state index < -0.39 is 0 Å². The molecule has 5 nitrogen and oxygen atoms in total. The van der Waals surface area contributed by atoms with E-state index in [1.165, 1.54) is 22.9 Å². The van der Waals surface area contributed by atoms with E-state index in [1.807, 2.05) is 36.4 Å². The minimum atomic E-state index is 0.0404. The molecule has 1 aliphatic rings. The molecular formula is C22H24N4OS. The molecule has 3 aromatic rings. The number of nitrogens with one attached hydrogen (secondary N) is 1. The summed E-state index contributed by atoms with van der Waals surface area (Å²) in [6, 6.07) is 18.5. The van der Waals surface area contributed by atoms with Crippen molar-refractivity contribution in [1.29, 1.82) is 0 Å². The van der Waals surface area contributed by atoms with E-state index in [9.17, 15) is 4.79 Å². The van der Waals surface area contributed by atoms with Gasteiger partial charge in [0.1, 0.15) is 0 Å². The Balaban J connectivity index is 1.41. The summed E-state index contributed by atoms with van der Waals surface area (Å²) in [6.07, 6.45) is 3.20. The predicted molar refractivity (Wildman–Crippen MR) is 112 cm³/mol. The van der Waals surface area contributed by atoms with Gasteiger partial charge < -0.3 is 9.88 Å². The summed E-state index contributed by atoms with van der Waals surface area (Å²) in [6.45, 7) is 2.83. The van der Waals surface area contributed by atoms with Gasteiger partial charge in [-0.3, -0.25) is 4.79 Å². The first-order valence-corrected chi connectivity index (χ1v) is 10.7. The fourth-order valence-electron chi connectivity index (χ4n) is 3.75. The quantitative estimate of drug-likeness (QED) is 0.637. The smallest absolute Gasteiger partial charge is 0.230 e. The molecule has 1 amide bonds.